The van der Waals surface area contributed by atoms with Gasteiger partial charge in [0.1, 0.15) is 5.82 Å². The zero-order chi connectivity index (χ0) is 15.4. The third-order valence-corrected chi connectivity index (χ3v) is 3.63. The van der Waals surface area contributed by atoms with Crippen molar-refractivity contribution in [2.24, 2.45) is 0 Å². The highest BCUT2D eigenvalue weighted by Crippen LogP contribution is 2.26. The Hall–Kier alpha value is -1.70. The van der Waals surface area contributed by atoms with Crippen molar-refractivity contribution in [2.75, 3.05) is 11.9 Å². The fraction of sp³-hybridized carbons (Fsp3) is 0.154. The molecule has 0 aliphatic rings. The van der Waals surface area contributed by atoms with Crippen LogP contribution in [-0.2, 0) is 0 Å². The molecule has 0 fully saturated rings. The molecule has 0 saturated heterocycles. The molecule has 4 nitrogen and oxygen atoms in total. The van der Waals surface area contributed by atoms with Crippen molar-refractivity contribution >= 4 is 34.7 Å². The van der Waals surface area contributed by atoms with E-state index in [1.807, 2.05) is 0 Å². The number of aliphatic hydroxyl groups excluding tert-OH is 1. The van der Waals surface area contributed by atoms with Crippen molar-refractivity contribution < 1.29 is 18.7 Å². The van der Waals surface area contributed by atoms with Crippen LogP contribution in [0, 0.1) is 11.6 Å². The number of urea groups is 1. The van der Waals surface area contributed by atoms with E-state index in [9.17, 15) is 18.7 Å². The molecule has 1 aromatic heterocycles. The Bertz CT molecular complexity index is 614. The lowest BCUT2D eigenvalue weighted by molar-refractivity contribution is 0.175. The third-order valence-electron chi connectivity index (χ3n) is 2.63. The number of thiophene rings is 1. The smallest absolute Gasteiger partial charge is 0.319 e. The molecule has 0 bridgehead atoms. The molecule has 0 aliphatic carbocycles. The van der Waals surface area contributed by atoms with Gasteiger partial charge in [-0.3, -0.25) is 0 Å². The third kappa shape index (κ3) is 4.13. The van der Waals surface area contributed by atoms with E-state index < -0.39 is 23.8 Å². The quantitative estimate of drug-likeness (QED) is 0.802. The number of anilines is 1. The van der Waals surface area contributed by atoms with Gasteiger partial charge < -0.3 is 15.7 Å². The second kappa shape index (κ2) is 6.84. The first-order chi connectivity index (χ1) is 9.97. The Kier molecular flexibility index (Phi) is 5.11. The Morgan fingerprint density at radius 1 is 1.43 bits per heavy atom. The van der Waals surface area contributed by atoms with Crippen molar-refractivity contribution in [1.29, 1.82) is 0 Å². The molecule has 2 amide bonds. The monoisotopic (exact) mass is 332 g/mol. The van der Waals surface area contributed by atoms with Crippen LogP contribution in [0.25, 0.3) is 0 Å². The van der Waals surface area contributed by atoms with Gasteiger partial charge in [0, 0.05) is 12.6 Å². The van der Waals surface area contributed by atoms with E-state index >= 15 is 0 Å². The minimum absolute atomic E-state index is 0.0526. The Balaban J connectivity index is 1.93. The summed E-state index contributed by atoms with van der Waals surface area (Å²) in [5.41, 5.74) is 0.354. The summed E-state index contributed by atoms with van der Waals surface area (Å²) in [6, 6.07) is 2.48. The highest BCUT2D eigenvalue weighted by molar-refractivity contribution is 7.07. The van der Waals surface area contributed by atoms with Gasteiger partial charge >= 0.3 is 6.03 Å². The standard InChI is InChI=1S/C13H11ClF2N2O2S/c14-9-3-8(15)4-10(16)12(9)18-13(20)17-5-11(19)7-1-2-21-6-7/h1-4,6,11,19H,5H2,(H2,17,18,20). The minimum Gasteiger partial charge on any atom is -0.387 e. The van der Waals surface area contributed by atoms with E-state index in [4.69, 9.17) is 11.6 Å². The lowest BCUT2D eigenvalue weighted by Gasteiger charge is -2.12. The molecule has 2 aromatic rings. The largest absolute Gasteiger partial charge is 0.387 e. The molecular weight excluding hydrogens is 322 g/mol. The fourth-order valence-corrected chi connectivity index (χ4v) is 2.54. The van der Waals surface area contributed by atoms with Crippen LogP contribution in [-0.4, -0.2) is 17.7 Å². The predicted octanol–water partition coefficient (Wildman–Crippen LogP) is 3.53. The molecule has 2 rings (SSSR count). The minimum atomic E-state index is -0.978. The van der Waals surface area contributed by atoms with Crippen LogP contribution in [0.2, 0.25) is 5.02 Å². The first-order valence-corrected chi connectivity index (χ1v) is 7.19. The van der Waals surface area contributed by atoms with E-state index in [1.165, 1.54) is 11.3 Å². The van der Waals surface area contributed by atoms with Gasteiger partial charge in [0.25, 0.3) is 0 Å². The maximum absolute atomic E-state index is 13.5. The van der Waals surface area contributed by atoms with Crippen LogP contribution in [0.1, 0.15) is 11.7 Å². The summed E-state index contributed by atoms with van der Waals surface area (Å²) in [5.74, 6) is -1.81. The molecule has 0 aliphatic heterocycles. The highest BCUT2D eigenvalue weighted by Gasteiger charge is 2.14. The molecular formula is C13H11ClF2N2O2S. The number of hydrogen-bond acceptors (Lipinski definition) is 3. The normalized spacial score (nSPS) is 12.0. The predicted molar refractivity (Wildman–Crippen MR) is 77.7 cm³/mol. The highest BCUT2D eigenvalue weighted by atomic mass is 35.5. The number of rotatable bonds is 4. The molecule has 1 unspecified atom stereocenters. The Morgan fingerprint density at radius 2 is 2.19 bits per heavy atom. The fourth-order valence-electron chi connectivity index (χ4n) is 1.59. The lowest BCUT2D eigenvalue weighted by Crippen LogP contribution is -2.32. The number of carbonyl (C=O) groups excluding carboxylic acids is 1. The number of hydrogen-bond donors (Lipinski definition) is 3. The van der Waals surface area contributed by atoms with Gasteiger partial charge in [0.15, 0.2) is 5.82 Å². The summed E-state index contributed by atoms with van der Waals surface area (Å²) in [4.78, 5) is 11.6. The van der Waals surface area contributed by atoms with Crippen LogP contribution in [0.4, 0.5) is 19.3 Å². The molecule has 3 N–H and O–H groups in total. The number of carbonyl (C=O) groups is 1. The van der Waals surface area contributed by atoms with Crippen LogP contribution in [0.15, 0.2) is 29.0 Å². The van der Waals surface area contributed by atoms with E-state index in [-0.39, 0.29) is 17.3 Å². The SMILES string of the molecule is O=C(NCC(O)c1ccsc1)Nc1c(F)cc(F)cc1Cl. The number of benzene rings is 1. The van der Waals surface area contributed by atoms with Gasteiger partial charge in [0.05, 0.1) is 16.8 Å². The van der Waals surface area contributed by atoms with Crippen LogP contribution >= 0.6 is 22.9 Å². The van der Waals surface area contributed by atoms with Gasteiger partial charge in [-0.05, 0) is 28.5 Å². The van der Waals surface area contributed by atoms with E-state index in [1.54, 1.807) is 16.8 Å². The molecule has 1 atom stereocenters. The zero-order valence-corrected chi connectivity index (χ0v) is 12.1. The molecule has 1 heterocycles. The summed E-state index contributed by atoms with van der Waals surface area (Å²) in [7, 11) is 0. The summed E-state index contributed by atoms with van der Waals surface area (Å²) in [6.07, 6.45) is -0.865. The second-order valence-electron chi connectivity index (χ2n) is 4.15. The average molecular weight is 333 g/mol. The lowest BCUT2D eigenvalue weighted by atomic mass is 10.2. The maximum Gasteiger partial charge on any atom is 0.319 e. The van der Waals surface area contributed by atoms with Crippen LogP contribution in [0.3, 0.4) is 0 Å². The van der Waals surface area contributed by atoms with E-state index in [0.29, 0.717) is 11.6 Å². The summed E-state index contributed by atoms with van der Waals surface area (Å²) < 4.78 is 26.4. The molecule has 0 spiro atoms. The topological polar surface area (TPSA) is 61.4 Å². The Morgan fingerprint density at radius 3 is 2.81 bits per heavy atom. The number of halogens is 3. The maximum atomic E-state index is 13.5. The number of amides is 2. The van der Waals surface area contributed by atoms with Crippen molar-refractivity contribution in [3.05, 3.63) is 51.2 Å². The average Bonchev–Trinajstić information content (AvgIpc) is 2.94. The van der Waals surface area contributed by atoms with Gasteiger partial charge in [-0.15, -0.1) is 0 Å². The van der Waals surface area contributed by atoms with Gasteiger partial charge in [-0.2, -0.15) is 11.3 Å². The summed E-state index contributed by atoms with van der Waals surface area (Å²) in [5, 5.41) is 17.6. The summed E-state index contributed by atoms with van der Waals surface area (Å²) in [6.45, 7) is -0.0526. The molecule has 0 radical (unpaired) electrons. The van der Waals surface area contributed by atoms with Crippen molar-refractivity contribution in [3.63, 3.8) is 0 Å². The number of nitrogens with one attached hydrogen (secondary N) is 2. The molecule has 1 aromatic carbocycles. The van der Waals surface area contributed by atoms with Crippen molar-refractivity contribution in [2.45, 2.75) is 6.10 Å². The van der Waals surface area contributed by atoms with Crippen molar-refractivity contribution in [1.82, 2.24) is 5.32 Å². The Labute approximate surface area is 128 Å². The zero-order valence-electron chi connectivity index (χ0n) is 10.6. The second-order valence-corrected chi connectivity index (χ2v) is 5.34. The molecule has 8 heteroatoms. The van der Waals surface area contributed by atoms with Crippen LogP contribution < -0.4 is 10.6 Å². The first kappa shape index (κ1) is 15.7. The van der Waals surface area contributed by atoms with Gasteiger partial charge in [0.2, 0.25) is 0 Å². The molecule has 0 saturated carbocycles. The van der Waals surface area contributed by atoms with E-state index in [0.717, 1.165) is 6.07 Å². The van der Waals surface area contributed by atoms with Gasteiger partial charge in [-0.25, -0.2) is 13.6 Å². The van der Waals surface area contributed by atoms with Crippen molar-refractivity contribution in [3.8, 4) is 0 Å². The number of aliphatic hydroxyl groups is 1. The summed E-state index contributed by atoms with van der Waals surface area (Å²) >= 11 is 7.07. The molecule has 21 heavy (non-hydrogen) atoms. The van der Waals surface area contributed by atoms with Crippen LogP contribution in [0.5, 0.6) is 0 Å². The first-order valence-electron chi connectivity index (χ1n) is 5.87. The van der Waals surface area contributed by atoms with Gasteiger partial charge in [-0.1, -0.05) is 11.6 Å². The van der Waals surface area contributed by atoms with E-state index in [2.05, 4.69) is 10.6 Å². The molecule has 112 valence electrons.